The highest BCUT2D eigenvalue weighted by Crippen LogP contribution is 2.30. The van der Waals surface area contributed by atoms with Crippen molar-refractivity contribution in [3.63, 3.8) is 0 Å². The van der Waals surface area contributed by atoms with E-state index in [1.165, 1.54) is 0 Å². The lowest BCUT2D eigenvalue weighted by atomic mass is 10.1. The van der Waals surface area contributed by atoms with Crippen LogP contribution in [-0.2, 0) is 4.65 Å². The number of likely N-dealkylation sites (N-methyl/N-ethyl adjacent to an activating group) is 1. The highest BCUT2D eigenvalue weighted by Gasteiger charge is 2.13. The fourth-order valence-corrected chi connectivity index (χ4v) is 3.04. The van der Waals surface area contributed by atoms with Gasteiger partial charge in [-0.15, -0.1) is 0 Å². The van der Waals surface area contributed by atoms with Crippen LogP contribution in [0.2, 0.25) is 5.02 Å². The Kier molecular flexibility index (Phi) is 5.95. The number of aromatic nitrogens is 3. The highest BCUT2D eigenvalue weighted by molar-refractivity contribution is 9.10. The van der Waals surface area contributed by atoms with Crippen LogP contribution >= 0.6 is 27.5 Å². The minimum atomic E-state index is 0.662. The van der Waals surface area contributed by atoms with Gasteiger partial charge in [-0.2, -0.15) is 9.61 Å². The molecule has 0 saturated heterocycles. The van der Waals surface area contributed by atoms with Crippen molar-refractivity contribution >= 4 is 46.6 Å². The summed E-state index contributed by atoms with van der Waals surface area (Å²) in [5.74, 6) is 0.844. The number of rotatable bonds is 7. The molecule has 2 heterocycles. The maximum atomic E-state index is 6.34. The number of anilines is 1. The topological polar surface area (TPSA) is 54.7 Å². The molecule has 6 nitrogen and oxygen atoms in total. The van der Waals surface area contributed by atoms with E-state index in [0.29, 0.717) is 5.02 Å². The van der Waals surface area contributed by atoms with Crippen LogP contribution in [0.3, 0.4) is 0 Å². The second kappa shape index (κ2) is 8.18. The largest absolute Gasteiger partial charge is 0.427 e. The third-order valence-electron chi connectivity index (χ3n) is 3.63. The Bertz CT molecular complexity index is 875. The van der Waals surface area contributed by atoms with Crippen molar-refractivity contribution in [1.82, 2.24) is 19.4 Å². The molecule has 0 aliphatic carbocycles. The number of fused-ring (bicyclic) bond motifs is 1. The Morgan fingerprint density at radius 2 is 2.20 bits per heavy atom. The molecule has 1 N–H and O–H groups in total. The van der Waals surface area contributed by atoms with Crippen LogP contribution in [0.4, 0.5) is 5.82 Å². The van der Waals surface area contributed by atoms with E-state index in [9.17, 15) is 0 Å². The second-order valence-electron chi connectivity index (χ2n) is 5.48. The Balaban J connectivity index is 1.93. The van der Waals surface area contributed by atoms with Crippen molar-refractivity contribution in [2.75, 3.05) is 32.6 Å². The predicted molar refractivity (Wildman–Crippen MR) is 105 cm³/mol. The van der Waals surface area contributed by atoms with Gasteiger partial charge in [-0.05, 0) is 29.0 Å². The Hall–Kier alpha value is -1.61. The van der Waals surface area contributed by atoms with Gasteiger partial charge in [-0.3, -0.25) is 0 Å². The zero-order valence-corrected chi connectivity index (χ0v) is 16.3. The van der Waals surface area contributed by atoms with E-state index in [2.05, 4.69) is 26.3 Å². The molecule has 0 fully saturated rings. The molecule has 0 amide bonds. The third-order valence-corrected chi connectivity index (χ3v) is 4.52. The number of benzene rings is 1. The van der Waals surface area contributed by atoms with Gasteiger partial charge < -0.3 is 14.8 Å². The van der Waals surface area contributed by atoms with E-state index in [-0.39, 0.29) is 0 Å². The number of hydrogen-bond donors (Lipinski definition) is 1. The van der Waals surface area contributed by atoms with Crippen molar-refractivity contribution in [1.29, 1.82) is 0 Å². The summed E-state index contributed by atoms with van der Waals surface area (Å²) in [5, 5.41) is 8.44. The lowest BCUT2D eigenvalue weighted by Gasteiger charge is -2.15. The van der Waals surface area contributed by atoms with Gasteiger partial charge >= 0.3 is 7.62 Å². The Morgan fingerprint density at radius 1 is 1.40 bits per heavy atom. The van der Waals surface area contributed by atoms with E-state index in [1.807, 2.05) is 42.2 Å². The van der Waals surface area contributed by atoms with Crippen LogP contribution in [0.25, 0.3) is 16.9 Å². The third kappa shape index (κ3) is 4.15. The molecule has 3 rings (SSSR count). The van der Waals surface area contributed by atoms with Crippen LogP contribution in [0.5, 0.6) is 0 Å². The lowest BCUT2D eigenvalue weighted by molar-refractivity contribution is 0.373. The SMILES string of the molecule is CO[B]N(C)CCNc1cc(-c2ccccc2Cl)nc2c(Br)cnn12. The molecule has 1 aromatic carbocycles. The van der Waals surface area contributed by atoms with Gasteiger partial charge in [-0.1, -0.05) is 29.8 Å². The summed E-state index contributed by atoms with van der Waals surface area (Å²) in [6.07, 6.45) is 1.73. The van der Waals surface area contributed by atoms with Crippen LogP contribution in [0.15, 0.2) is 41.0 Å². The summed E-state index contributed by atoms with van der Waals surface area (Å²) >= 11 is 9.84. The average Bonchev–Trinajstić information content (AvgIpc) is 2.97. The predicted octanol–water partition coefficient (Wildman–Crippen LogP) is 3.34. The van der Waals surface area contributed by atoms with Crippen LogP contribution in [0, 0.1) is 0 Å². The summed E-state index contributed by atoms with van der Waals surface area (Å²) in [5.41, 5.74) is 2.41. The molecule has 3 aromatic rings. The summed E-state index contributed by atoms with van der Waals surface area (Å²) in [6.45, 7) is 1.50. The molecule has 129 valence electrons. The first-order valence-corrected chi connectivity index (χ1v) is 8.86. The molecule has 9 heteroatoms. The van der Waals surface area contributed by atoms with Crippen molar-refractivity contribution in [3.8, 4) is 11.3 Å². The van der Waals surface area contributed by atoms with Crippen molar-refractivity contribution in [2.24, 2.45) is 0 Å². The minimum absolute atomic E-state index is 0.662. The Labute approximate surface area is 160 Å². The van der Waals surface area contributed by atoms with Crippen LogP contribution in [-0.4, -0.2) is 54.3 Å². The van der Waals surface area contributed by atoms with E-state index in [0.717, 1.165) is 40.3 Å². The maximum Gasteiger partial charge on any atom is 0.398 e. The first-order chi connectivity index (χ1) is 12.1. The second-order valence-corrected chi connectivity index (χ2v) is 6.74. The first kappa shape index (κ1) is 18.2. The van der Waals surface area contributed by atoms with E-state index >= 15 is 0 Å². The number of nitrogens with one attached hydrogen (secondary N) is 1. The fraction of sp³-hybridized carbons (Fsp3) is 0.250. The van der Waals surface area contributed by atoms with Gasteiger partial charge in [0, 0.05) is 36.9 Å². The van der Waals surface area contributed by atoms with Gasteiger partial charge in [0.2, 0.25) is 0 Å². The van der Waals surface area contributed by atoms with Gasteiger partial charge in [-0.25, -0.2) is 4.98 Å². The minimum Gasteiger partial charge on any atom is -0.427 e. The maximum absolute atomic E-state index is 6.34. The van der Waals surface area contributed by atoms with Gasteiger partial charge in [0.15, 0.2) is 5.65 Å². The van der Waals surface area contributed by atoms with E-state index in [4.69, 9.17) is 21.2 Å². The zero-order valence-electron chi connectivity index (χ0n) is 13.9. The molecular formula is C16H17BBrClN5O. The van der Waals surface area contributed by atoms with Gasteiger partial charge in [0.1, 0.15) is 5.82 Å². The summed E-state index contributed by atoms with van der Waals surface area (Å²) < 4.78 is 7.59. The number of nitrogens with zero attached hydrogens (tertiary/aromatic N) is 4. The molecule has 1 radical (unpaired) electrons. The van der Waals surface area contributed by atoms with Gasteiger partial charge in [0.25, 0.3) is 0 Å². The van der Waals surface area contributed by atoms with Gasteiger partial charge in [0.05, 0.1) is 16.4 Å². The standard InChI is InChI=1S/C16H17BBrClN5O/c1-23(17-25-2)8-7-20-15-9-14(11-5-3-4-6-13(11)19)22-16-12(18)10-21-24(15)16/h3-6,9-10,20H,7-8H2,1-2H3. The normalized spacial score (nSPS) is 11.2. The zero-order chi connectivity index (χ0) is 17.8. The average molecular weight is 422 g/mol. The van der Waals surface area contributed by atoms with Crippen molar-refractivity contribution in [2.45, 2.75) is 0 Å². The molecule has 0 atom stereocenters. The molecule has 0 aliphatic heterocycles. The molecule has 0 spiro atoms. The summed E-state index contributed by atoms with van der Waals surface area (Å²) in [6, 6.07) is 9.61. The molecule has 0 unspecified atom stereocenters. The number of halogens is 2. The summed E-state index contributed by atoms with van der Waals surface area (Å²) in [7, 11) is 5.25. The lowest BCUT2D eigenvalue weighted by Crippen LogP contribution is -2.30. The monoisotopic (exact) mass is 420 g/mol. The Morgan fingerprint density at radius 3 is 2.96 bits per heavy atom. The first-order valence-electron chi connectivity index (χ1n) is 7.69. The molecule has 25 heavy (non-hydrogen) atoms. The van der Waals surface area contributed by atoms with E-state index < -0.39 is 0 Å². The highest BCUT2D eigenvalue weighted by atomic mass is 79.9. The van der Waals surface area contributed by atoms with Crippen LogP contribution in [0.1, 0.15) is 0 Å². The molecule has 2 aromatic heterocycles. The molecule has 0 aliphatic rings. The quantitative estimate of drug-likeness (QED) is 0.593. The number of hydrogen-bond acceptors (Lipinski definition) is 5. The molecular weight excluding hydrogens is 404 g/mol. The smallest absolute Gasteiger partial charge is 0.398 e. The molecule has 0 saturated carbocycles. The van der Waals surface area contributed by atoms with Crippen LogP contribution < -0.4 is 5.32 Å². The van der Waals surface area contributed by atoms with E-state index in [1.54, 1.807) is 25.4 Å². The van der Waals surface area contributed by atoms with Crippen molar-refractivity contribution in [3.05, 3.63) is 46.0 Å². The van der Waals surface area contributed by atoms with Crippen molar-refractivity contribution < 1.29 is 4.65 Å². The fourth-order valence-electron chi connectivity index (χ4n) is 2.46. The molecule has 0 bridgehead atoms. The summed E-state index contributed by atoms with van der Waals surface area (Å²) in [4.78, 5) is 6.65.